The normalized spacial score (nSPS) is 34.3. The molecule has 1 aliphatic carbocycles. The number of rotatable bonds is 3. The van der Waals surface area contributed by atoms with E-state index >= 15 is 0 Å². The zero-order chi connectivity index (χ0) is 12.1. The van der Waals surface area contributed by atoms with Gasteiger partial charge in [0.25, 0.3) is 0 Å². The Balaban J connectivity index is 1.72. The summed E-state index contributed by atoms with van der Waals surface area (Å²) in [5.74, 6) is -0.210. The quantitative estimate of drug-likeness (QED) is 0.763. The van der Waals surface area contributed by atoms with Crippen molar-refractivity contribution < 1.29 is 14.3 Å². The van der Waals surface area contributed by atoms with E-state index in [2.05, 4.69) is 0 Å². The third kappa shape index (κ3) is 3.68. The number of esters is 1. The van der Waals surface area contributed by atoms with Crippen molar-refractivity contribution in [3.63, 3.8) is 0 Å². The lowest BCUT2D eigenvalue weighted by Gasteiger charge is -2.28. The van der Waals surface area contributed by atoms with Gasteiger partial charge in [-0.25, -0.2) is 0 Å². The number of hydrogen-bond donors (Lipinski definition) is 1. The summed E-state index contributed by atoms with van der Waals surface area (Å²) in [6.45, 7) is 1.20. The van der Waals surface area contributed by atoms with Gasteiger partial charge in [0, 0.05) is 12.6 Å². The van der Waals surface area contributed by atoms with Crippen LogP contribution in [0, 0.1) is 5.92 Å². The van der Waals surface area contributed by atoms with Gasteiger partial charge in [0.1, 0.15) is 6.61 Å². The molecule has 0 aromatic rings. The highest BCUT2D eigenvalue weighted by atomic mass is 16.6. The first kappa shape index (κ1) is 12.8. The van der Waals surface area contributed by atoms with Crippen molar-refractivity contribution in [2.45, 2.75) is 57.1 Å². The van der Waals surface area contributed by atoms with Gasteiger partial charge in [-0.05, 0) is 32.1 Å². The summed E-state index contributed by atoms with van der Waals surface area (Å²) in [6, 6.07) is -0.0106. The fourth-order valence-electron chi connectivity index (χ4n) is 2.67. The first-order valence-corrected chi connectivity index (χ1v) is 6.81. The summed E-state index contributed by atoms with van der Waals surface area (Å²) in [4.78, 5) is 11.9. The Morgan fingerprint density at radius 3 is 2.65 bits per heavy atom. The van der Waals surface area contributed by atoms with E-state index in [-0.39, 0.29) is 24.0 Å². The summed E-state index contributed by atoms with van der Waals surface area (Å²) in [7, 11) is 0. The van der Waals surface area contributed by atoms with Gasteiger partial charge < -0.3 is 15.2 Å². The van der Waals surface area contributed by atoms with Crippen LogP contribution in [0.25, 0.3) is 0 Å². The van der Waals surface area contributed by atoms with Crippen LogP contribution in [-0.2, 0) is 14.3 Å². The monoisotopic (exact) mass is 241 g/mol. The topological polar surface area (TPSA) is 61.6 Å². The molecule has 4 heteroatoms. The van der Waals surface area contributed by atoms with Gasteiger partial charge in [-0.2, -0.15) is 0 Å². The van der Waals surface area contributed by atoms with Gasteiger partial charge in [-0.15, -0.1) is 0 Å². The van der Waals surface area contributed by atoms with E-state index in [1.54, 1.807) is 0 Å². The van der Waals surface area contributed by atoms with Crippen LogP contribution in [0.2, 0.25) is 0 Å². The second-order valence-electron chi connectivity index (χ2n) is 5.17. The first-order valence-electron chi connectivity index (χ1n) is 6.81. The lowest BCUT2D eigenvalue weighted by Crippen LogP contribution is -2.40. The van der Waals surface area contributed by atoms with Crippen molar-refractivity contribution in [1.82, 2.24) is 0 Å². The predicted molar refractivity (Wildman–Crippen MR) is 64.5 cm³/mol. The van der Waals surface area contributed by atoms with Crippen molar-refractivity contribution in [3.05, 3.63) is 0 Å². The standard InChI is InChI=1S/C13H23NO3/c14-12-7-2-1-6-11(12)13(15)17-9-10-5-3-4-8-16-10/h10-12H,1-9,14H2. The average Bonchev–Trinajstić information content (AvgIpc) is 2.38. The molecule has 3 atom stereocenters. The Bertz CT molecular complexity index is 251. The number of carbonyl (C=O) groups excluding carboxylic acids is 1. The van der Waals surface area contributed by atoms with E-state index in [1.165, 1.54) is 6.42 Å². The van der Waals surface area contributed by atoms with Crippen LogP contribution in [0.5, 0.6) is 0 Å². The summed E-state index contributed by atoms with van der Waals surface area (Å²) in [5.41, 5.74) is 5.96. The molecular weight excluding hydrogens is 218 g/mol. The van der Waals surface area contributed by atoms with Crippen molar-refractivity contribution in [3.8, 4) is 0 Å². The van der Waals surface area contributed by atoms with Crippen LogP contribution >= 0.6 is 0 Å². The van der Waals surface area contributed by atoms with Gasteiger partial charge >= 0.3 is 5.97 Å². The molecule has 0 aromatic carbocycles. The molecule has 1 heterocycles. The van der Waals surface area contributed by atoms with Gasteiger partial charge in [0.15, 0.2) is 0 Å². The van der Waals surface area contributed by atoms with Gasteiger partial charge in [0.05, 0.1) is 12.0 Å². The van der Waals surface area contributed by atoms with Crippen LogP contribution in [-0.4, -0.2) is 31.3 Å². The van der Waals surface area contributed by atoms with E-state index in [9.17, 15) is 4.79 Å². The summed E-state index contributed by atoms with van der Waals surface area (Å²) >= 11 is 0. The minimum Gasteiger partial charge on any atom is -0.463 e. The fraction of sp³-hybridized carbons (Fsp3) is 0.923. The molecule has 1 saturated carbocycles. The Hall–Kier alpha value is -0.610. The van der Waals surface area contributed by atoms with Gasteiger partial charge in [-0.1, -0.05) is 12.8 Å². The Labute approximate surface area is 103 Å². The molecule has 0 spiro atoms. The minimum atomic E-state index is -0.119. The van der Waals surface area contributed by atoms with Crippen LogP contribution in [0.1, 0.15) is 44.9 Å². The molecule has 0 amide bonds. The second-order valence-corrected chi connectivity index (χ2v) is 5.17. The van der Waals surface area contributed by atoms with E-state index in [0.717, 1.165) is 45.1 Å². The van der Waals surface area contributed by atoms with E-state index in [0.29, 0.717) is 6.61 Å². The molecule has 2 fully saturated rings. The molecule has 4 nitrogen and oxygen atoms in total. The number of ether oxygens (including phenoxy) is 2. The van der Waals surface area contributed by atoms with Gasteiger partial charge in [-0.3, -0.25) is 4.79 Å². The highest BCUT2D eigenvalue weighted by Gasteiger charge is 2.30. The van der Waals surface area contributed by atoms with Crippen LogP contribution < -0.4 is 5.73 Å². The minimum absolute atomic E-state index is 0.0106. The number of carbonyl (C=O) groups is 1. The van der Waals surface area contributed by atoms with Crippen molar-refractivity contribution in [2.24, 2.45) is 11.7 Å². The van der Waals surface area contributed by atoms with Gasteiger partial charge in [0.2, 0.25) is 0 Å². The second kappa shape index (κ2) is 6.36. The van der Waals surface area contributed by atoms with E-state index in [4.69, 9.17) is 15.2 Å². The maximum absolute atomic E-state index is 11.9. The van der Waals surface area contributed by atoms with Crippen molar-refractivity contribution in [1.29, 1.82) is 0 Å². The predicted octanol–water partition coefficient (Wildman–Crippen LogP) is 1.62. The molecule has 1 aliphatic heterocycles. The molecule has 2 rings (SSSR count). The molecule has 1 saturated heterocycles. The molecular formula is C13H23NO3. The van der Waals surface area contributed by atoms with Crippen LogP contribution in [0.3, 0.4) is 0 Å². The largest absolute Gasteiger partial charge is 0.463 e. The number of hydrogen-bond acceptors (Lipinski definition) is 4. The zero-order valence-corrected chi connectivity index (χ0v) is 10.4. The maximum atomic E-state index is 11.9. The Morgan fingerprint density at radius 2 is 1.94 bits per heavy atom. The molecule has 17 heavy (non-hydrogen) atoms. The molecule has 0 radical (unpaired) electrons. The van der Waals surface area contributed by atoms with Crippen LogP contribution in [0.4, 0.5) is 0 Å². The Kier molecular flexibility index (Phi) is 4.80. The number of nitrogens with two attached hydrogens (primary N) is 1. The molecule has 2 N–H and O–H groups in total. The molecule has 98 valence electrons. The Morgan fingerprint density at radius 1 is 1.18 bits per heavy atom. The van der Waals surface area contributed by atoms with Crippen molar-refractivity contribution >= 4 is 5.97 Å². The highest BCUT2D eigenvalue weighted by molar-refractivity contribution is 5.73. The molecule has 3 unspecified atom stereocenters. The zero-order valence-electron chi connectivity index (χ0n) is 10.4. The maximum Gasteiger partial charge on any atom is 0.310 e. The third-order valence-corrected chi connectivity index (χ3v) is 3.81. The highest BCUT2D eigenvalue weighted by Crippen LogP contribution is 2.24. The van der Waals surface area contributed by atoms with E-state index in [1.807, 2.05) is 0 Å². The molecule has 0 bridgehead atoms. The smallest absolute Gasteiger partial charge is 0.310 e. The lowest BCUT2D eigenvalue weighted by molar-refractivity contribution is -0.155. The van der Waals surface area contributed by atoms with E-state index < -0.39 is 0 Å². The summed E-state index contributed by atoms with van der Waals surface area (Å²) < 4.78 is 10.9. The average molecular weight is 241 g/mol. The lowest BCUT2D eigenvalue weighted by atomic mass is 9.85. The van der Waals surface area contributed by atoms with Crippen LogP contribution in [0.15, 0.2) is 0 Å². The summed E-state index contributed by atoms with van der Waals surface area (Å²) in [5, 5.41) is 0. The SMILES string of the molecule is NC1CCCCC1C(=O)OCC1CCCCO1. The molecule has 0 aromatic heterocycles. The fourth-order valence-corrected chi connectivity index (χ4v) is 2.67. The summed E-state index contributed by atoms with van der Waals surface area (Å²) in [6.07, 6.45) is 7.45. The third-order valence-electron chi connectivity index (χ3n) is 3.81. The molecule has 2 aliphatic rings. The van der Waals surface area contributed by atoms with Crippen molar-refractivity contribution in [2.75, 3.05) is 13.2 Å². The first-order chi connectivity index (χ1) is 8.27.